The molecular weight excluding hydrogens is 898 g/mol. The maximum atomic E-state index is 12.7. The minimum Gasteiger partial charge on any atom is -0.756 e. The number of likely N-dealkylation sites (N-methyl/N-ethyl adjacent to an activating group) is 2. The van der Waals surface area contributed by atoms with Gasteiger partial charge >= 0.3 is 23.9 Å². The van der Waals surface area contributed by atoms with E-state index in [1.807, 2.05) is 56.1 Å². The summed E-state index contributed by atoms with van der Waals surface area (Å²) in [6.07, 6.45) is 2.89. The molecule has 0 aromatic heterocycles. The first kappa shape index (κ1) is 87.1. The molecule has 0 aliphatic rings. The monoisotopic (exact) mass is 1010 g/mol. The SMILES string of the molecule is C.C.C.C.C.C.C.C.CCC(C)(CC(C)(C)C(=O)O)C(=O)OCCOP(=O)([O-])OCC[N+](C)(C)C.CCCCOC(=O)C(C)(C)CC(C)(CC)C(=O)OCCOP(=O)([O-])OCC[N+](C)(C)C. The Balaban J connectivity index is -0.000000107. The van der Waals surface area contributed by atoms with Crippen LogP contribution in [0.5, 0.6) is 0 Å². The molecule has 0 aliphatic carbocycles. The van der Waals surface area contributed by atoms with Crippen LogP contribution in [0.25, 0.3) is 0 Å². The number of nitrogens with zero attached hydrogens (tertiary/aromatic N) is 2. The average molecular weight is 1010 g/mol. The third-order valence-corrected chi connectivity index (χ3v) is 11.2. The van der Waals surface area contributed by atoms with Gasteiger partial charge in [0.25, 0.3) is 15.6 Å². The fraction of sp³-hybridized carbons (Fsp3) is 0.913. The van der Waals surface area contributed by atoms with Gasteiger partial charge in [-0.1, -0.05) is 86.6 Å². The van der Waals surface area contributed by atoms with Crippen LogP contribution in [0.1, 0.15) is 160 Å². The highest BCUT2D eigenvalue weighted by atomic mass is 31.2. The topological polar surface area (TPSA) is 233 Å². The number of carboxylic acid groups (broad SMARTS) is 1. The second-order valence-corrected chi connectivity index (χ2v) is 21.1. The number of aliphatic carboxylic acids is 1. The lowest BCUT2D eigenvalue weighted by Crippen LogP contribution is -2.39. The lowest BCUT2D eigenvalue weighted by molar-refractivity contribution is -0.870. The summed E-state index contributed by atoms with van der Waals surface area (Å²) in [6.45, 7) is 15.7. The third-order valence-electron chi connectivity index (χ3n) is 9.23. The van der Waals surface area contributed by atoms with E-state index in [4.69, 9.17) is 27.8 Å². The van der Waals surface area contributed by atoms with Crippen molar-refractivity contribution in [3.05, 3.63) is 0 Å². The van der Waals surface area contributed by atoms with Gasteiger partial charge in [0, 0.05) is 0 Å². The molecule has 4 unspecified atom stereocenters. The van der Waals surface area contributed by atoms with Crippen LogP contribution in [0.4, 0.5) is 0 Å². The van der Waals surface area contributed by atoms with E-state index in [-0.39, 0.29) is 118 Å². The predicted molar refractivity (Wildman–Crippen MR) is 268 cm³/mol. The highest BCUT2D eigenvalue weighted by Crippen LogP contribution is 2.41. The number of hydrogen-bond acceptors (Lipinski definition) is 15. The molecule has 20 heteroatoms. The molecule has 1 N–H and O–H groups in total. The summed E-state index contributed by atoms with van der Waals surface area (Å²) in [5, 5.41) is 9.25. The van der Waals surface area contributed by atoms with E-state index in [9.17, 15) is 43.2 Å². The number of carbonyl (C=O) groups excluding carboxylic acids is 3. The number of unbranched alkanes of at least 4 members (excludes halogenated alkanes) is 1. The van der Waals surface area contributed by atoms with Gasteiger partial charge in [0.05, 0.1) is 83.8 Å². The van der Waals surface area contributed by atoms with Gasteiger partial charge in [-0.3, -0.25) is 28.3 Å². The van der Waals surface area contributed by atoms with E-state index in [2.05, 4.69) is 4.52 Å². The van der Waals surface area contributed by atoms with Crippen molar-refractivity contribution in [3.8, 4) is 0 Å². The number of hydrogen-bond donors (Lipinski definition) is 1. The van der Waals surface area contributed by atoms with Gasteiger partial charge in [0.2, 0.25) is 0 Å². The van der Waals surface area contributed by atoms with Crippen LogP contribution < -0.4 is 9.79 Å². The van der Waals surface area contributed by atoms with E-state index in [1.165, 1.54) is 0 Å². The summed E-state index contributed by atoms with van der Waals surface area (Å²) < 4.78 is 59.2. The molecule has 0 aliphatic heterocycles. The van der Waals surface area contributed by atoms with Gasteiger partial charge in [-0.05, 0) is 73.6 Å². The second-order valence-electron chi connectivity index (χ2n) is 18.3. The average Bonchev–Trinajstić information content (AvgIpc) is 3.06. The number of phosphoric acid groups is 2. The van der Waals surface area contributed by atoms with Crippen molar-refractivity contribution in [3.63, 3.8) is 0 Å². The number of ether oxygens (including phenoxy) is 3. The Bertz CT molecular complexity index is 1380. The Morgan fingerprint density at radius 3 is 1.05 bits per heavy atom. The quantitative estimate of drug-likeness (QED) is 0.0241. The van der Waals surface area contributed by atoms with E-state index < -0.39 is 55.2 Å². The van der Waals surface area contributed by atoms with E-state index >= 15 is 0 Å². The number of carbonyl (C=O) groups is 4. The van der Waals surface area contributed by atoms with Crippen molar-refractivity contribution in [1.29, 1.82) is 0 Å². The molecule has 0 heterocycles. The largest absolute Gasteiger partial charge is 0.756 e. The summed E-state index contributed by atoms with van der Waals surface area (Å²) in [5.41, 5.74) is -3.87. The highest BCUT2D eigenvalue weighted by Gasteiger charge is 2.43. The first-order valence-electron chi connectivity index (χ1n) is 19.7. The number of esters is 3. The lowest BCUT2D eigenvalue weighted by atomic mass is 9.72. The van der Waals surface area contributed by atoms with E-state index in [0.717, 1.165) is 12.8 Å². The predicted octanol–water partition coefficient (Wildman–Crippen LogP) is 9.66. The molecule has 0 fully saturated rings. The molecular formula is C46H108N2O16P2. The smallest absolute Gasteiger partial charge is 0.311 e. The summed E-state index contributed by atoms with van der Waals surface area (Å²) in [7, 11) is 2.51. The van der Waals surface area contributed by atoms with Crippen LogP contribution in [-0.4, -0.2) is 140 Å². The highest BCUT2D eigenvalue weighted by molar-refractivity contribution is 7.46. The number of phosphoric ester groups is 2. The number of carboxylic acids is 1. The zero-order chi connectivity index (χ0) is 45.9. The summed E-state index contributed by atoms with van der Waals surface area (Å²) in [6, 6.07) is 0. The first-order valence-corrected chi connectivity index (χ1v) is 22.6. The zero-order valence-electron chi connectivity index (χ0n) is 38.0. The van der Waals surface area contributed by atoms with Crippen LogP contribution in [0.15, 0.2) is 0 Å². The van der Waals surface area contributed by atoms with Gasteiger partial charge in [-0.25, -0.2) is 0 Å². The van der Waals surface area contributed by atoms with Gasteiger partial charge < -0.3 is 56.2 Å². The van der Waals surface area contributed by atoms with Crippen molar-refractivity contribution in [2.75, 3.05) is 102 Å². The molecule has 0 spiro atoms. The fourth-order valence-electron chi connectivity index (χ4n) is 5.13. The molecule has 4 atom stereocenters. The molecule has 0 rings (SSSR count). The normalized spacial score (nSPS) is 14.6. The Labute approximate surface area is 406 Å². The summed E-state index contributed by atoms with van der Waals surface area (Å²) >= 11 is 0. The lowest BCUT2D eigenvalue weighted by Gasteiger charge is -2.33. The maximum Gasteiger partial charge on any atom is 0.311 e. The Hall–Kier alpha value is -1.98. The van der Waals surface area contributed by atoms with Crippen LogP contribution >= 0.6 is 15.6 Å². The van der Waals surface area contributed by atoms with Crippen molar-refractivity contribution in [2.24, 2.45) is 21.7 Å². The molecule has 0 saturated carbocycles. The Morgan fingerprint density at radius 2 is 0.773 bits per heavy atom. The van der Waals surface area contributed by atoms with Crippen molar-refractivity contribution in [1.82, 2.24) is 0 Å². The van der Waals surface area contributed by atoms with Crippen LogP contribution in [-0.2, 0) is 60.6 Å². The molecule has 0 saturated heterocycles. The standard InChI is InChI=1S/C21H42NO8P.C17H34NO8P.8CH4/c1-9-11-13-27-18(23)20(3,4)17-21(5,10-2)19(24)28-15-16-30-31(25,26)29-14-12-22(6,7)8;1-8-17(4,13-16(2,3)14(19)20)15(21)24-11-12-26-27(22,23)25-10-9-18(5,6)7;;;;;;;;/h9-17H2,1-8H3;8-13H2,1-7H3,(H-,19,20,22,23);8*1H4. The summed E-state index contributed by atoms with van der Waals surface area (Å²) in [4.78, 5) is 72.1. The Kier molecular flexibility index (Phi) is 50.0. The molecule has 0 amide bonds. The van der Waals surface area contributed by atoms with Gasteiger partial charge in [0.15, 0.2) is 0 Å². The molecule has 18 nitrogen and oxygen atoms in total. The molecule has 0 bridgehead atoms. The van der Waals surface area contributed by atoms with E-state index in [0.29, 0.717) is 41.5 Å². The van der Waals surface area contributed by atoms with Gasteiger partial charge in [0.1, 0.15) is 39.5 Å². The summed E-state index contributed by atoms with van der Waals surface area (Å²) in [5.74, 6) is -2.46. The van der Waals surface area contributed by atoms with Crippen LogP contribution in [0, 0.1) is 21.7 Å². The maximum absolute atomic E-state index is 12.7. The molecule has 408 valence electrons. The van der Waals surface area contributed by atoms with Crippen molar-refractivity contribution >= 4 is 39.5 Å². The third kappa shape index (κ3) is 38.9. The first-order chi connectivity index (χ1) is 26.1. The van der Waals surface area contributed by atoms with E-state index in [1.54, 1.807) is 48.5 Å². The number of quaternary nitrogens is 2. The molecule has 0 radical (unpaired) electrons. The minimum atomic E-state index is -4.46. The fourth-order valence-corrected chi connectivity index (χ4v) is 6.48. The van der Waals surface area contributed by atoms with Crippen LogP contribution in [0.3, 0.4) is 0 Å². The van der Waals surface area contributed by atoms with Crippen molar-refractivity contribution in [2.45, 2.75) is 160 Å². The molecule has 66 heavy (non-hydrogen) atoms. The van der Waals surface area contributed by atoms with Gasteiger partial charge in [-0.15, -0.1) is 0 Å². The number of rotatable bonds is 29. The van der Waals surface area contributed by atoms with Gasteiger partial charge in [-0.2, -0.15) is 0 Å². The molecule has 0 aromatic rings. The van der Waals surface area contributed by atoms with Crippen LogP contribution in [0.2, 0.25) is 0 Å². The minimum absolute atomic E-state index is 0. The Morgan fingerprint density at radius 1 is 0.485 bits per heavy atom. The zero-order valence-corrected chi connectivity index (χ0v) is 39.8. The molecule has 0 aromatic carbocycles. The van der Waals surface area contributed by atoms with Crippen molar-refractivity contribution < 1.29 is 84.5 Å². The second kappa shape index (κ2) is 37.9.